The van der Waals surface area contributed by atoms with E-state index in [2.05, 4.69) is 0 Å². The SMILES string of the molecule is CCOC(=O)/C=C/c1ccccc1C1CCCCCC1=O. The molecule has 0 radical (unpaired) electrons. The van der Waals surface area contributed by atoms with Crippen LogP contribution in [-0.4, -0.2) is 18.4 Å². The number of carbonyl (C=O) groups excluding carboxylic acids is 2. The molecule has 1 aliphatic rings. The second-order valence-corrected chi connectivity index (χ2v) is 5.33. The third kappa shape index (κ3) is 4.28. The Morgan fingerprint density at radius 3 is 2.90 bits per heavy atom. The van der Waals surface area contributed by atoms with E-state index < -0.39 is 0 Å². The summed E-state index contributed by atoms with van der Waals surface area (Å²) in [6, 6.07) is 7.83. The fourth-order valence-electron chi connectivity index (χ4n) is 2.82. The number of benzene rings is 1. The predicted molar refractivity (Wildman–Crippen MR) is 82.9 cm³/mol. The minimum absolute atomic E-state index is 0.0319. The predicted octanol–water partition coefficient (Wildman–Crippen LogP) is 3.88. The van der Waals surface area contributed by atoms with Crippen molar-refractivity contribution in [3.05, 3.63) is 41.5 Å². The van der Waals surface area contributed by atoms with E-state index in [0.29, 0.717) is 18.8 Å². The molecular weight excluding hydrogens is 264 g/mol. The molecule has 112 valence electrons. The van der Waals surface area contributed by atoms with Crippen molar-refractivity contribution < 1.29 is 14.3 Å². The Morgan fingerprint density at radius 2 is 2.10 bits per heavy atom. The van der Waals surface area contributed by atoms with Crippen molar-refractivity contribution in [2.45, 2.75) is 44.9 Å². The molecule has 0 heterocycles. The van der Waals surface area contributed by atoms with Crippen molar-refractivity contribution in [3.8, 4) is 0 Å². The van der Waals surface area contributed by atoms with Gasteiger partial charge in [-0.05, 0) is 37.0 Å². The van der Waals surface area contributed by atoms with E-state index >= 15 is 0 Å². The van der Waals surface area contributed by atoms with E-state index in [1.807, 2.05) is 24.3 Å². The quantitative estimate of drug-likeness (QED) is 0.479. The molecule has 1 fully saturated rings. The summed E-state index contributed by atoms with van der Waals surface area (Å²) in [6.45, 7) is 2.15. The van der Waals surface area contributed by atoms with Gasteiger partial charge in [0.2, 0.25) is 0 Å². The Balaban J connectivity index is 2.23. The highest BCUT2D eigenvalue weighted by Crippen LogP contribution is 2.31. The zero-order valence-corrected chi connectivity index (χ0v) is 12.5. The number of carbonyl (C=O) groups is 2. The van der Waals surface area contributed by atoms with Gasteiger partial charge in [-0.15, -0.1) is 0 Å². The standard InChI is InChI=1S/C18H22O3/c1-2-21-18(20)13-12-14-8-6-7-9-15(14)16-10-4-3-5-11-17(16)19/h6-9,12-13,16H,2-5,10-11H2,1H3/b13-12+. The molecule has 0 saturated heterocycles. The van der Waals surface area contributed by atoms with Crippen LogP contribution in [0.25, 0.3) is 6.08 Å². The van der Waals surface area contributed by atoms with Crippen LogP contribution in [0.5, 0.6) is 0 Å². The van der Waals surface area contributed by atoms with Crippen LogP contribution >= 0.6 is 0 Å². The topological polar surface area (TPSA) is 43.4 Å². The minimum Gasteiger partial charge on any atom is -0.463 e. The first kappa shape index (κ1) is 15.5. The van der Waals surface area contributed by atoms with Crippen LogP contribution < -0.4 is 0 Å². The number of hydrogen-bond acceptors (Lipinski definition) is 3. The van der Waals surface area contributed by atoms with Crippen molar-refractivity contribution in [2.24, 2.45) is 0 Å². The molecule has 1 aromatic carbocycles. The monoisotopic (exact) mass is 286 g/mol. The average molecular weight is 286 g/mol. The van der Waals surface area contributed by atoms with Gasteiger partial charge in [0.15, 0.2) is 0 Å². The summed E-state index contributed by atoms with van der Waals surface area (Å²) >= 11 is 0. The first-order valence-electron chi connectivity index (χ1n) is 7.69. The normalized spacial score (nSPS) is 19.5. The molecule has 0 bridgehead atoms. The zero-order valence-electron chi connectivity index (χ0n) is 12.5. The molecule has 0 amide bonds. The number of ketones is 1. The van der Waals surface area contributed by atoms with Gasteiger partial charge in [0.1, 0.15) is 5.78 Å². The molecule has 1 unspecified atom stereocenters. The van der Waals surface area contributed by atoms with Gasteiger partial charge in [0.05, 0.1) is 6.61 Å². The fraction of sp³-hybridized carbons (Fsp3) is 0.444. The third-order valence-electron chi connectivity index (χ3n) is 3.86. The summed E-state index contributed by atoms with van der Waals surface area (Å²) in [5.41, 5.74) is 1.97. The van der Waals surface area contributed by atoms with Crippen LogP contribution in [0.3, 0.4) is 0 Å². The maximum absolute atomic E-state index is 12.3. The number of Topliss-reactive ketones (excluding diaryl/α,β-unsaturated/α-hetero) is 1. The lowest BCUT2D eigenvalue weighted by atomic mass is 9.87. The molecule has 2 rings (SSSR count). The highest BCUT2D eigenvalue weighted by molar-refractivity contribution is 5.89. The molecule has 1 saturated carbocycles. The Bertz CT molecular complexity index is 531. The van der Waals surface area contributed by atoms with Crippen LogP contribution in [0.1, 0.15) is 56.1 Å². The first-order chi connectivity index (χ1) is 10.2. The van der Waals surface area contributed by atoms with Gasteiger partial charge >= 0.3 is 5.97 Å². The van der Waals surface area contributed by atoms with Crippen LogP contribution in [0, 0.1) is 0 Å². The zero-order chi connectivity index (χ0) is 15.1. The molecule has 3 nitrogen and oxygen atoms in total. The molecule has 0 aliphatic heterocycles. The molecular formula is C18H22O3. The Kier molecular flexibility index (Phi) is 5.73. The van der Waals surface area contributed by atoms with Gasteiger partial charge in [-0.3, -0.25) is 4.79 Å². The second-order valence-electron chi connectivity index (χ2n) is 5.33. The molecule has 0 aromatic heterocycles. The number of hydrogen-bond donors (Lipinski definition) is 0. The van der Waals surface area contributed by atoms with Crippen molar-refractivity contribution in [2.75, 3.05) is 6.61 Å². The Labute approximate surface area is 126 Å². The van der Waals surface area contributed by atoms with Gasteiger partial charge in [0, 0.05) is 18.4 Å². The third-order valence-corrected chi connectivity index (χ3v) is 3.86. The van der Waals surface area contributed by atoms with Crippen molar-refractivity contribution in [3.63, 3.8) is 0 Å². The summed E-state index contributed by atoms with van der Waals surface area (Å²) in [4.78, 5) is 23.7. The van der Waals surface area contributed by atoms with E-state index in [0.717, 1.165) is 36.8 Å². The Hall–Kier alpha value is -1.90. The van der Waals surface area contributed by atoms with Crippen molar-refractivity contribution in [1.29, 1.82) is 0 Å². The van der Waals surface area contributed by atoms with Crippen LogP contribution in [0.4, 0.5) is 0 Å². The number of ether oxygens (including phenoxy) is 1. The van der Waals surface area contributed by atoms with Gasteiger partial charge < -0.3 is 4.74 Å². The summed E-state index contributed by atoms with van der Waals surface area (Å²) in [7, 11) is 0. The van der Waals surface area contributed by atoms with Gasteiger partial charge in [0.25, 0.3) is 0 Å². The highest BCUT2D eigenvalue weighted by Gasteiger charge is 2.23. The minimum atomic E-state index is -0.348. The Morgan fingerprint density at radius 1 is 1.29 bits per heavy atom. The molecule has 1 atom stereocenters. The highest BCUT2D eigenvalue weighted by atomic mass is 16.5. The van der Waals surface area contributed by atoms with E-state index in [1.54, 1.807) is 13.0 Å². The smallest absolute Gasteiger partial charge is 0.330 e. The molecule has 0 N–H and O–H groups in total. The summed E-state index contributed by atoms with van der Waals surface area (Å²) in [5, 5.41) is 0. The lowest BCUT2D eigenvalue weighted by molar-refractivity contribution is -0.137. The molecule has 3 heteroatoms. The van der Waals surface area contributed by atoms with Crippen molar-refractivity contribution in [1.82, 2.24) is 0 Å². The summed E-state index contributed by atoms with van der Waals surface area (Å²) in [6.07, 6.45) is 7.98. The van der Waals surface area contributed by atoms with Gasteiger partial charge in [-0.1, -0.05) is 37.1 Å². The fourth-order valence-corrected chi connectivity index (χ4v) is 2.82. The largest absolute Gasteiger partial charge is 0.463 e. The van der Waals surface area contributed by atoms with E-state index in [-0.39, 0.29) is 11.9 Å². The molecule has 21 heavy (non-hydrogen) atoms. The van der Waals surface area contributed by atoms with Crippen molar-refractivity contribution >= 4 is 17.8 Å². The van der Waals surface area contributed by atoms with Crippen LogP contribution in [0.2, 0.25) is 0 Å². The van der Waals surface area contributed by atoms with E-state index in [4.69, 9.17) is 4.74 Å². The molecule has 1 aromatic rings. The summed E-state index contributed by atoms with van der Waals surface area (Å²) in [5.74, 6) is -0.0560. The maximum atomic E-state index is 12.3. The average Bonchev–Trinajstić information content (AvgIpc) is 2.70. The molecule has 1 aliphatic carbocycles. The van der Waals surface area contributed by atoms with E-state index in [9.17, 15) is 9.59 Å². The lowest BCUT2D eigenvalue weighted by Gasteiger charge is -2.16. The molecule has 0 spiro atoms. The first-order valence-corrected chi connectivity index (χ1v) is 7.69. The number of esters is 1. The summed E-state index contributed by atoms with van der Waals surface area (Å²) < 4.78 is 4.90. The maximum Gasteiger partial charge on any atom is 0.330 e. The van der Waals surface area contributed by atoms with E-state index in [1.165, 1.54) is 6.08 Å². The van der Waals surface area contributed by atoms with Gasteiger partial charge in [-0.25, -0.2) is 4.79 Å². The lowest BCUT2D eigenvalue weighted by Crippen LogP contribution is -2.11. The second kappa shape index (κ2) is 7.77. The van der Waals surface area contributed by atoms with Crippen LogP contribution in [0.15, 0.2) is 30.3 Å². The van der Waals surface area contributed by atoms with Gasteiger partial charge in [-0.2, -0.15) is 0 Å². The van der Waals surface area contributed by atoms with Crippen LogP contribution in [-0.2, 0) is 14.3 Å². The number of rotatable bonds is 4.